The van der Waals surface area contributed by atoms with E-state index in [-0.39, 0.29) is 37.5 Å². The molecule has 12 N–H and O–H groups in total. The van der Waals surface area contributed by atoms with Gasteiger partial charge < -0.3 is 48.5 Å². The number of aromatic hydroxyl groups is 1. The largest absolute Gasteiger partial charge is 0.508 e. The number of benzene rings is 1. The molecule has 1 rings (SSSR count). The van der Waals surface area contributed by atoms with Crippen molar-refractivity contribution in [3.8, 4) is 5.75 Å². The van der Waals surface area contributed by atoms with Crippen molar-refractivity contribution in [2.24, 2.45) is 28.1 Å². The summed E-state index contributed by atoms with van der Waals surface area (Å²) >= 11 is 0. The predicted octanol–water partition coefficient (Wildman–Crippen LogP) is -1.23. The molecule has 0 fully saturated rings. The monoisotopic (exact) mass is 579 g/mol. The van der Waals surface area contributed by atoms with Crippen molar-refractivity contribution in [1.82, 2.24) is 16.0 Å². The van der Waals surface area contributed by atoms with E-state index >= 15 is 0 Å². The Kier molecular flexibility index (Phi) is 14.6. The summed E-state index contributed by atoms with van der Waals surface area (Å²) in [5.74, 6) is -5.42. The van der Waals surface area contributed by atoms with Crippen LogP contribution in [0.3, 0.4) is 0 Å². The molecule has 1 aromatic carbocycles. The van der Waals surface area contributed by atoms with Crippen molar-refractivity contribution in [2.75, 3.05) is 6.54 Å². The smallest absolute Gasteiger partial charge is 0.326 e. The minimum atomic E-state index is -1.41. The van der Waals surface area contributed by atoms with Crippen LogP contribution in [-0.2, 0) is 30.4 Å². The van der Waals surface area contributed by atoms with Gasteiger partial charge in [-0.15, -0.1) is 0 Å². The molecule has 0 radical (unpaired) electrons. The first-order valence-electron chi connectivity index (χ1n) is 13.2. The van der Waals surface area contributed by atoms with Crippen molar-refractivity contribution in [3.05, 3.63) is 29.8 Å². The number of nitrogens with two attached hydrogens (primary N) is 3. The second kappa shape index (κ2) is 17.3. The van der Waals surface area contributed by atoms with E-state index in [0.29, 0.717) is 18.4 Å². The first-order chi connectivity index (χ1) is 19.2. The number of carbonyl (C=O) groups excluding carboxylic acids is 3. The molecule has 0 saturated heterocycles. The van der Waals surface area contributed by atoms with Gasteiger partial charge in [0.1, 0.15) is 23.9 Å². The fraction of sp³-hybridized carbons (Fsp3) is 0.538. The summed E-state index contributed by atoms with van der Waals surface area (Å²) in [7, 11) is 0. The lowest BCUT2D eigenvalue weighted by atomic mass is 9.98. The van der Waals surface area contributed by atoms with Gasteiger partial charge in [-0.1, -0.05) is 32.4 Å². The lowest BCUT2D eigenvalue weighted by Crippen LogP contribution is -2.58. The minimum Gasteiger partial charge on any atom is -0.508 e. The SMILES string of the molecule is CCC(C)C(NC(=O)C(CCC(=O)O)NC(=O)C(Cc1ccc(O)cc1)NC(=O)C(N)CCCN=C(N)N)C(=O)O. The minimum absolute atomic E-state index is 0.0127. The second-order valence-corrected chi connectivity index (χ2v) is 9.69. The van der Waals surface area contributed by atoms with Gasteiger partial charge in [0.2, 0.25) is 17.7 Å². The van der Waals surface area contributed by atoms with Gasteiger partial charge in [-0.05, 0) is 42.9 Å². The fourth-order valence-corrected chi connectivity index (χ4v) is 3.75. The number of carboxylic acids is 2. The Morgan fingerprint density at radius 1 is 0.902 bits per heavy atom. The quantitative estimate of drug-likeness (QED) is 0.0564. The van der Waals surface area contributed by atoms with Gasteiger partial charge >= 0.3 is 11.9 Å². The number of phenols is 1. The summed E-state index contributed by atoms with van der Waals surface area (Å²) in [5.41, 5.74) is 17.1. The zero-order valence-corrected chi connectivity index (χ0v) is 23.2. The first-order valence-corrected chi connectivity index (χ1v) is 13.2. The third-order valence-corrected chi connectivity index (χ3v) is 6.37. The van der Waals surface area contributed by atoms with Crippen LogP contribution >= 0.6 is 0 Å². The third-order valence-electron chi connectivity index (χ3n) is 6.37. The number of nitrogens with zero attached hydrogens (tertiary/aromatic N) is 1. The fourth-order valence-electron chi connectivity index (χ4n) is 3.75. The van der Waals surface area contributed by atoms with E-state index in [4.69, 9.17) is 22.3 Å². The maximum Gasteiger partial charge on any atom is 0.326 e. The summed E-state index contributed by atoms with van der Waals surface area (Å²) in [6.07, 6.45) is 0.150. The molecule has 0 spiro atoms. The number of aliphatic imine (C=N–C) groups is 1. The van der Waals surface area contributed by atoms with Crippen LogP contribution in [0.2, 0.25) is 0 Å². The van der Waals surface area contributed by atoms with Crippen molar-refractivity contribution in [2.45, 2.75) is 76.5 Å². The van der Waals surface area contributed by atoms with E-state index < -0.39 is 66.2 Å². The third kappa shape index (κ3) is 13.0. The Balaban J connectivity index is 3.15. The van der Waals surface area contributed by atoms with Crippen molar-refractivity contribution in [3.63, 3.8) is 0 Å². The number of carboxylic acid groups (broad SMARTS) is 2. The van der Waals surface area contributed by atoms with Gasteiger partial charge in [0.05, 0.1) is 6.04 Å². The van der Waals surface area contributed by atoms with Crippen LogP contribution < -0.4 is 33.2 Å². The highest BCUT2D eigenvalue weighted by Crippen LogP contribution is 2.13. The van der Waals surface area contributed by atoms with Gasteiger partial charge in [-0.2, -0.15) is 0 Å². The highest BCUT2D eigenvalue weighted by Gasteiger charge is 2.32. The summed E-state index contributed by atoms with van der Waals surface area (Å²) < 4.78 is 0. The number of hydrogen-bond donors (Lipinski definition) is 9. The average Bonchev–Trinajstić information content (AvgIpc) is 2.91. The Labute approximate surface area is 237 Å². The molecular weight excluding hydrogens is 538 g/mol. The van der Waals surface area contributed by atoms with E-state index in [1.807, 2.05) is 0 Å². The summed E-state index contributed by atoms with van der Waals surface area (Å²) in [4.78, 5) is 66.0. The lowest BCUT2D eigenvalue weighted by Gasteiger charge is -2.26. The van der Waals surface area contributed by atoms with Gasteiger partial charge in [0.15, 0.2) is 5.96 Å². The molecule has 5 atom stereocenters. The maximum atomic E-state index is 13.4. The molecule has 1 aromatic rings. The number of hydrogen-bond acceptors (Lipinski definition) is 8. The van der Waals surface area contributed by atoms with E-state index in [2.05, 4.69) is 20.9 Å². The molecule has 0 aliphatic rings. The first kappa shape index (κ1) is 34.6. The number of carbonyl (C=O) groups is 5. The summed E-state index contributed by atoms with van der Waals surface area (Å²) in [6.45, 7) is 3.63. The van der Waals surface area contributed by atoms with Crippen LogP contribution in [0.5, 0.6) is 5.75 Å². The topological polar surface area (TPSA) is 273 Å². The van der Waals surface area contributed by atoms with Crippen molar-refractivity contribution < 1.29 is 39.3 Å². The Morgan fingerprint density at radius 3 is 2.02 bits per heavy atom. The van der Waals surface area contributed by atoms with E-state index in [9.17, 15) is 34.2 Å². The van der Waals surface area contributed by atoms with Gasteiger partial charge in [0.25, 0.3) is 0 Å². The molecule has 15 nitrogen and oxygen atoms in total. The molecule has 0 aromatic heterocycles. The predicted molar refractivity (Wildman–Crippen MR) is 149 cm³/mol. The normalized spacial score (nSPS) is 14.4. The van der Waals surface area contributed by atoms with E-state index in [1.54, 1.807) is 13.8 Å². The Hall–Kier alpha value is -4.40. The zero-order chi connectivity index (χ0) is 31.1. The summed E-state index contributed by atoms with van der Waals surface area (Å²) in [5, 5.41) is 35.7. The zero-order valence-electron chi connectivity index (χ0n) is 23.2. The summed E-state index contributed by atoms with van der Waals surface area (Å²) in [6, 6.07) is 0.928. The molecule has 228 valence electrons. The maximum absolute atomic E-state index is 13.4. The molecule has 0 aliphatic heterocycles. The highest BCUT2D eigenvalue weighted by atomic mass is 16.4. The van der Waals surface area contributed by atoms with Crippen LogP contribution in [0, 0.1) is 5.92 Å². The van der Waals surface area contributed by atoms with Crippen LogP contribution in [0.15, 0.2) is 29.3 Å². The molecule has 5 unspecified atom stereocenters. The van der Waals surface area contributed by atoms with E-state index in [0.717, 1.165) is 0 Å². The standard InChI is InChI=1S/C26H41N7O8/c1-3-14(2)21(25(40)41)33-23(38)18(10-11-20(35)36)31-24(39)19(13-15-6-8-16(34)9-7-15)32-22(37)17(27)5-4-12-30-26(28)29/h6-9,14,17-19,21,34H,3-5,10-13,27H2,1-2H3,(H,31,39)(H,32,37)(H,33,38)(H,35,36)(H,40,41)(H4,28,29,30). The Bertz CT molecular complexity index is 1080. The lowest BCUT2D eigenvalue weighted by molar-refractivity contribution is -0.144. The van der Waals surface area contributed by atoms with Crippen LogP contribution in [-0.4, -0.2) is 81.7 Å². The molecule has 0 bridgehead atoms. The van der Waals surface area contributed by atoms with Crippen LogP contribution in [0.25, 0.3) is 0 Å². The molecule has 0 saturated carbocycles. The molecule has 41 heavy (non-hydrogen) atoms. The number of amides is 3. The van der Waals surface area contributed by atoms with Gasteiger partial charge in [-0.3, -0.25) is 24.2 Å². The Morgan fingerprint density at radius 2 is 1.49 bits per heavy atom. The highest BCUT2D eigenvalue weighted by molar-refractivity contribution is 5.94. The number of phenolic OH excluding ortho intramolecular Hbond substituents is 1. The molecule has 0 heterocycles. The molecule has 0 aliphatic carbocycles. The van der Waals surface area contributed by atoms with Crippen molar-refractivity contribution in [1.29, 1.82) is 0 Å². The van der Waals surface area contributed by atoms with Gasteiger partial charge in [0, 0.05) is 19.4 Å². The number of aliphatic carboxylic acids is 2. The second-order valence-electron chi connectivity index (χ2n) is 9.69. The number of rotatable bonds is 18. The number of nitrogens with one attached hydrogen (secondary N) is 3. The van der Waals surface area contributed by atoms with Crippen LogP contribution in [0.1, 0.15) is 51.5 Å². The van der Waals surface area contributed by atoms with E-state index in [1.165, 1.54) is 24.3 Å². The average molecular weight is 580 g/mol. The van der Waals surface area contributed by atoms with Gasteiger partial charge in [-0.25, -0.2) is 4.79 Å². The number of guanidine groups is 1. The molecule has 3 amide bonds. The molecular formula is C26H41N7O8. The molecule has 15 heteroatoms. The van der Waals surface area contributed by atoms with Crippen LogP contribution in [0.4, 0.5) is 0 Å². The van der Waals surface area contributed by atoms with Crippen molar-refractivity contribution >= 4 is 35.6 Å².